The van der Waals surface area contributed by atoms with E-state index in [2.05, 4.69) is 32.1 Å². The molecule has 0 N–H and O–H groups in total. The lowest BCUT2D eigenvalue weighted by molar-refractivity contribution is 0.148. The highest BCUT2D eigenvalue weighted by Crippen LogP contribution is 2.45. The van der Waals surface area contributed by atoms with Gasteiger partial charge >= 0.3 is 0 Å². The highest BCUT2D eigenvalue weighted by atomic mass is 19.2. The van der Waals surface area contributed by atoms with Gasteiger partial charge in [0.15, 0.2) is 11.6 Å². The summed E-state index contributed by atoms with van der Waals surface area (Å²) in [6, 6.07) is 7.90. The predicted octanol–water partition coefficient (Wildman–Crippen LogP) is 9.92. The van der Waals surface area contributed by atoms with Gasteiger partial charge in [0.2, 0.25) is 0 Å². The first-order chi connectivity index (χ1) is 16.5. The molecule has 2 aliphatic rings. The van der Waals surface area contributed by atoms with E-state index in [4.69, 9.17) is 0 Å². The van der Waals surface area contributed by atoms with E-state index in [1.165, 1.54) is 51.4 Å². The largest absolute Gasteiger partial charge is 0.203 e. The molecule has 0 heterocycles. The zero-order valence-corrected chi connectivity index (χ0v) is 21.3. The molecule has 1 unspecified atom stereocenters. The Kier molecular flexibility index (Phi) is 8.61. The van der Waals surface area contributed by atoms with Crippen molar-refractivity contribution in [2.75, 3.05) is 0 Å². The molecular weight excluding hydrogens is 422 g/mol. The minimum atomic E-state index is -0.681. The lowest BCUT2D eigenvalue weighted by atomic mass is 9.67. The highest BCUT2D eigenvalue weighted by molar-refractivity contribution is 5.85. The van der Waals surface area contributed by atoms with Gasteiger partial charge in [-0.3, -0.25) is 0 Å². The minimum Gasteiger partial charge on any atom is -0.203 e. The Morgan fingerprint density at radius 3 is 2.18 bits per heavy atom. The van der Waals surface area contributed by atoms with Crippen LogP contribution in [0.25, 0.3) is 10.8 Å². The topological polar surface area (TPSA) is 0 Å². The standard InChI is InChI=1S/C32H42F2/c1-4-6-7-9-29-20-28-19-18-27(21-30(28)32(34)31(29)33)22(3)24-14-16-26(17-15-24)25-12-10-23(8-5-2)11-13-25/h4-6,8,18-26H,7,9-17H2,1-3H3/b6-4+,8-5+. The van der Waals surface area contributed by atoms with Crippen LogP contribution < -0.4 is 0 Å². The monoisotopic (exact) mass is 464 g/mol. The molecule has 0 spiro atoms. The molecule has 0 amide bonds. The summed E-state index contributed by atoms with van der Waals surface area (Å²) in [6.07, 6.45) is 20.5. The first-order valence-electron chi connectivity index (χ1n) is 13.7. The van der Waals surface area contributed by atoms with Crippen LogP contribution in [0.3, 0.4) is 0 Å². The van der Waals surface area contributed by atoms with Gasteiger partial charge in [0.05, 0.1) is 0 Å². The van der Waals surface area contributed by atoms with Crippen LogP contribution in [0.2, 0.25) is 0 Å². The Labute approximate surface area is 205 Å². The van der Waals surface area contributed by atoms with E-state index in [9.17, 15) is 8.78 Å². The van der Waals surface area contributed by atoms with Gasteiger partial charge in [-0.15, -0.1) is 0 Å². The molecule has 0 aliphatic heterocycles. The number of hydrogen-bond acceptors (Lipinski definition) is 0. The van der Waals surface area contributed by atoms with Gasteiger partial charge in [-0.2, -0.15) is 0 Å². The van der Waals surface area contributed by atoms with Crippen molar-refractivity contribution in [2.24, 2.45) is 23.7 Å². The van der Waals surface area contributed by atoms with Gasteiger partial charge < -0.3 is 0 Å². The summed E-state index contributed by atoms with van der Waals surface area (Å²) in [6.45, 7) is 6.37. The summed E-state index contributed by atoms with van der Waals surface area (Å²) >= 11 is 0. The molecule has 2 aromatic rings. The lowest BCUT2D eigenvalue weighted by Crippen LogP contribution is -2.27. The number of rotatable bonds is 7. The summed E-state index contributed by atoms with van der Waals surface area (Å²) in [4.78, 5) is 0. The molecule has 184 valence electrons. The summed E-state index contributed by atoms with van der Waals surface area (Å²) in [5.41, 5.74) is 1.63. The van der Waals surface area contributed by atoms with Crippen molar-refractivity contribution in [1.29, 1.82) is 0 Å². The second-order valence-corrected chi connectivity index (χ2v) is 10.9. The van der Waals surface area contributed by atoms with Gasteiger partial charge in [-0.1, -0.05) is 43.4 Å². The van der Waals surface area contributed by atoms with Crippen molar-refractivity contribution < 1.29 is 8.78 Å². The molecule has 2 saturated carbocycles. The quantitative estimate of drug-likeness (QED) is 0.358. The van der Waals surface area contributed by atoms with Crippen LogP contribution >= 0.6 is 0 Å². The Morgan fingerprint density at radius 2 is 1.53 bits per heavy atom. The maximum Gasteiger partial charge on any atom is 0.166 e. The van der Waals surface area contributed by atoms with Crippen LogP contribution in [0.1, 0.15) is 95.6 Å². The lowest BCUT2D eigenvalue weighted by Gasteiger charge is -2.39. The molecule has 2 aliphatic carbocycles. The smallest absolute Gasteiger partial charge is 0.166 e. The van der Waals surface area contributed by atoms with Crippen LogP contribution in [-0.2, 0) is 6.42 Å². The van der Waals surface area contributed by atoms with Gasteiger partial charge in [0, 0.05) is 5.39 Å². The Bertz CT molecular complexity index is 1000. The van der Waals surface area contributed by atoms with Crippen LogP contribution in [0.4, 0.5) is 8.78 Å². The third kappa shape index (κ3) is 5.64. The fourth-order valence-corrected chi connectivity index (χ4v) is 6.74. The molecule has 0 nitrogen and oxygen atoms in total. The SMILES string of the molecule is C/C=C/CCc1cc2ccc(C(C)C3CCC(C4CCC(/C=C/C)CC4)CC3)cc2c(F)c1F. The molecule has 34 heavy (non-hydrogen) atoms. The number of allylic oxidation sites excluding steroid dienone is 4. The van der Waals surface area contributed by atoms with E-state index >= 15 is 0 Å². The molecule has 4 rings (SSSR count). The zero-order valence-electron chi connectivity index (χ0n) is 21.3. The summed E-state index contributed by atoms with van der Waals surface area (Å²) in [5.74, 6) is 2.27. The second-order valence-electron chi connectivity index (χ2n) is 10.9. The van der Waals surface area contributed by atoms with Crippen molar-refractivity contribution >= 4 is 10.8 Å². The summed E-state index contributed by atoms with van der Waals surface area (Å²) < 4.78 is 29.7. The van der Waals surface area contributed by atoms with E-state index in [-0.39, 0.29) is 0 Å². The third-order valence-electron chi connectivity index (χ3n) is 8.93. The van der Waals surface area contributed by atoms with Crippen LogP contribution in [0, 0.1) is 35.3 Å². The fourth-order valence-electron chi connectivity index (χ4n) is 6.74. The maximum absolute atomic E-state index is 15.0. The normalized spacial score (nSPS) is 27.1. The average molecular weight is 465 g/mol. The van der Waals surface area contributed by atoms with E-state index < -0.39 is 11.6 Å². The van der Waals surface area contributed by atoms with Crippen molar-refractivity contribution in [3.05, 3.63) is 71.3 Å². The van der Waals surface area contributed by atoms with Crippen molar-refractivity contribution in [1.82, 2.24) is 0 Å². The molecule has 0 aromatic heterocycles. The summed E-state index contributed by atoms with van der Waals surface area (Å²) in [5, 5.41) is 1.24. The Hall–Kier alpha value is -1.96. The molecular formula is C32H42F2. The van der Waals surface area contributed by atoms with Gasteiger partial charge in [-0.05, 0) is 136 Å². The number of hydrogen-bond donors (Lipinski definition) is 0. The van der Waals surface area contributed by atoms with Crippen molar-refractivity contribution in [3.63, 3.8) is 0 Å². The van der Waals surface area contributed by atoms with Crippen molar-refractivity contribution in [2.45, 2.75) is 90.9 Å². The molecule has 2 fully saturated rings. The molecule has 0 radical (unpaired) electrons. The predicted molar refractivity (Wildman–Crippen MR) is 141 cm³/mol. The Morgan fingerprint density at radius 1 is 0.853 bits per heavy atom. The molecule has 2 heteroatoms. The molecule has 2 aromatic carbocycles. The van der Waals surface area contributed by atoms with Crippen LogP contribution in [-0.4, -0.2) is 0 Å². The minimum absolute atomic E-state index is 0.382. The van der Waals surface area contributed by atoms with E-state index in [1.807, 2.05) is 37.3 Å². The highest BCUT2D eigenvalue weighted by Gasteiger charge is 2.32. The fraction of sp³-hybridized carbons (Fsp3) is 0.562. The number of halogens is 2. The number of aryl methyl sites for hydroxylation is 1. The molecule has 0 bridgehead atoms. The van der Waals surface area contributed by atoms with Crippen LogP contribution in [0.5, 0.6) is 0 Å². The van der Waals surface area contributed by atoms with Crippen LogP contribution in [0.15, 0.2) is 48.6 Å². The van der Waals surface area contributed by atoms with Gasteiger partial charge in [0.25, 0.3) is 0 Å². The molecule has 0 saturated heterocycles. The van der Waals surface area contributed by atoms with E-state index in [0.29, 0.717) is 29.2 Å². The first kappa shape index (κ1) is 25.1. The van der Waals surface area contributed by atoms with E-state index in [0.717, 1.165) is 35.1 Å². The van der Waals surface area contributed by atoms with Gasteiger partial charge in [-0.25, -0.2) is 8.78 Å². The number of benzene rings is 2. The Balaban J connectivity index is 1.40. The second kappa shape index (κ2) is 11.6. The third-order valence-corrected chi connectivity index (χ3v) is 8.93. The zero-order chi connectivity index (χ0) is 24.1. The van der Waals surface area contributed by atoms with E-state index in [1.54, 1.807) is 0 Å². The maximum atomic E-state index is 15.0. The molecule has 1 atom stereocenters. The van der Waals surface area contributed by atoms with Crippen molar-refractivity contribution in [3.8, 4) is 0 Å². The summed E-state index contributed by atoms with van der Waals surface area (Å²) in [7, 11) is 0. The number of fused-ring (bicyclic) bond motifs is 1. The van der Waals surface area contributed by atoms with Gasteiger partial charge in [0.1, 0.15) is 0 Å². The average Bonchev–Trinajstić information content (AvgIpc) is 2.87. The first-order valence-corrected chi connectivity index (χ1v) is 13.7.